The van der Waals surface area contributed by atoms with Crippen LogP contribution in [-0.4, -0.2) is 14.8 Å². The van der Waals surface area contributed by atoms with Crippen molar-refractivity contribution in [2.24, 2.45) is 0 Å². The molecule has 5 heteroatoms. The van der Waals surface area contributed by atoms with Gasteiger partial charge in [-0.3, -0.25) is 9.67 Å². The molecular weight excluding hydrogens is 302 g/mol. The maximum atomic E-state index is 6.31. The van der Waals surface area contributed by atoms with Gasteiger partial charge < -0.3 is 0 Å². The van der Waals surface area contributed by atoms with Crippen LogP contribution < -0.4 is 0 Å². The number of halogens is 1. The van der Waals surface area contributed by atoms with E-state index in [1.807, 2.05) is 34.9 Å². The highest BCUT2D eigenvalue weighted by atomic mass is 35.5. The Morgan fingerprint density at radius 2 is 1.71 bits per heavy atom. The van der Waals surface area contributed by atoms with E-state index >= 15 is 0 Å². The van der Waals surface area contributed by atoms with Gasteiger partial charge in [0.05, 0.1) is 10.7 Å². The van der Waals surface area contributed by atoms with Crippen molar-refractivity contribution >= 4 is 23.8 Å². The standard InChI is InChI=1S/C16H14ClN3S/c1-10-6-5-7-11(2)14(10)20-15(18-19-16(20)21)12-8-3-4-9-13(12)17/h3-9H,1-2H3,(H,19,21). The molecular formula is C16H14ClN3S. The summed E-state index contributed by atoms with van der Waals surface area (Å²) in [7, 11) is 0. The molecule has 0 unspecified atom stereocenters. The summed E-state index contributed by atoms with van der Waals surface area (Å²) >= 11 is 11.7. The number of nitrogens with zero attached hydrogens (tertiary/aromatic N) is 2. The van der Waals surface area contributed by atoms with Crippen molar-refractivity contribution in [2.45, 2.75) is 13.8 Å². The Balaban J connectivity index is 2.34. The Bertz CT molecular complexity index is 844. The molecule has 0 atom stereocenters. The lowest BCUT2D eigenvalue weighted by Crippen LogP contribution is -2.03. The van der Waals surface area contributed by atoms with Crippen molar-refractivity contribution in [3.05, 3.63) is 63.4 Å². The maximum Gasteiger partial charge on any atom is 0.200 e. The zero-order valence-corrected chi connectivity index (χ0v) is 13.3. The molecule has 0 radical (unpaired) electrons. The number of para-hydroxylation sites is 1. The number of aromatic nitrogens is 3. The van der Waals surface area contributed by atoms with Gasteiger partial charge in [0.15, 0.2) is 10.6 Å². The first-order chi connectivity index (χ1) is 10.1. The average molecular weight is 316 g/mol. The van der Waals surface area contributed by atoms with Crippen LogP contribution in [0.1, 0.15) is 11.1 Å². The summed E-state index contributed by atoms with van der Waals surface area (Å²) in [4.78, 5) is 0. The predicted molar refractivity (Wildman–Crippen MR) is 88.7 cm³/mol. The Morgan fingerprint density at radius 3 is 2.38 bits per heavy atom. The van der Waals surface area contributed by atoms with Gasteiger partial charge in [0, 0.05) is 5.56 Å². The molecule has 3 nitrogen and oxygen atoms in total. The summed E-state index contributed by atoms with van der Waals surface area (Å²) < 4.78 is 2.50. The molecule has 1 aromatic heterocycles. The SMILES string of the molecule is Cc1cccc(C)c1-n1c(-c2ccccc2Cl)n[nH]c1=S. The molecule has 0 aliphatic heterocycles. The average Bonchev–Trinajstić information content (AvgIpc) is 2.81. The van der Waals surface area contributed by atoms with Crippen LogP contribution in [0.2, 0.25) is 5.02 Å². The van der Waals surface area contributed by atoms with Crippen molar-refractivity contribution in [1.29, 1.82) is 0 Å². The van der Waals surface area contributed by atoms with Gasteiger partial charge >= 0.3 is 0 Å². The third kappa shape index (κ3) is 2.41. The topological polar surface area (TPSA) is 33.6 Å². The molecule has 2 aromatic carbocycles. The molecule has 0 saturated heterocycles. The summed E-state index contributed by atoms with van der Waals surface area (Å²) in [5, 5.41) is 7.89. The highest BCUT2D eigenvalue weighted by molar-refractivity contribution is 7.71. The molecule has 1 heterocycles. The van der Waals surface area contributed by atoms with Gasteiger partial charge in [0.25, 0.3) is 0 Å². The number of benzene rings is 2. The third-order valence-electron chi connectivity index (χ3n) is 3.45. The van der Waals surface area contributed by atoms with Crippen LogP contribution in [0.5, 0.6) is 0 Å². The Morgan fingerprint density at radius 1 is 1.05 bits per heavy atom. The van der Waals surface area contributed by atoms with Gasteiger partial charge in [0.2, 0.25) is 0 Å². The number of rotatable bonds is 2. The van der Waals surface area contributed by atoms with Crippen molar-refractivity contribution < 1.29 is 0 Å². The van der Waals surface area contributed by atoms with E-state index < -0.39 is 0 Å². The summed E-state index contributed by atoms with van der Waals surface area (Å²) in [5.74, 6) is 0.725. The molecule has 0 spiro atoms. The number of hydrogen-bond acceptors (Lipinski definition) is 2. The molecule has 0 bridgehead atoms. The van der Waals surface area contributed by atoms with Crippen LogP contribution in [-0.2, 0) is 0 Å². The number of hydrogen-bond donors (Lipinski definition) is 1. The van der Waals surface area contributed by atoms with Crippen molar-refractivity contribution in [3.63, 3.8) is 0 Å². The third-order valence-corrected chi connectivity index (χ3v) is 4.05. The highest BCUT2D eigenvalue weighted by Crippen LogP contribution is 2.30. The fourth-order valence-corrected chi connectivity index (χ4v) is 2.93. The summed E-state index contributed by atoms with van der Waals surface area (Å²) in [6.07, 6.45) is 0. The van der Waals surface area contributed by atoms with Crippen LogP contribution in [0.3, 0.4) is 0 Å². The van der Waals surface area contributed by atoms with E-state index in [1.54, 1.807) is 0 Å². The van der Waals surface area contributed by atoms with Crippen LogP contribution in [0, 0.1) is 18.6 Å². The second-order valence-electron chi connectivity index (χ2n) is 4.91. The number of nitrogens with one attached hydrogen (secondary N) is 1. The van der Waals surface area contributed by atoms with E-state index in [0.717, 1.165) is 28.2 Å². The van der Waals surface area contributed by atoms with Crippen LogP contribution in [0.4, 0.5) is 0 Å². The zero-order valence-electron chi connectivity index (χ0n) is 11.7. The molecule has 106 valence electrons. The van der Waals surface area contributed by atoms with E-state index in [0.29, 0.717) is 9.79 Å². The van der Waals surface area contributed by atoms with E-state index in [9.17, 15) is 0 Å². The Labute approximate surface area is 133 Å². The summed E-state index contributed by atoms with van der Waals surface area (Å²) in [5.41, 5.74) is 4.18. The quantitative estimate of drug-likeness (QED) is 0.685. The molecule has 3 aromatic rings. The smallest absolute Gasteiger partial charge is 0.200 e. The van der Waals surface area contributed by atoms with E-state index in [-0.39, 0.29) is 0 Å². The second kappa shape index (κ2) is 5.47. The fraction of sp³-hybridized carbons (Fsp3) is 0.125. The van der Waals surface area contributed by atoms with Crippen LogP contribution in [0.15, 0.2) is 42.5 Å². The number of H-pyrrole nitrogens is 1. The van der Waals surface area contributed by atoms with Crippen LogP contribution in [0.25, 0.3) is 17.1 Å². The molecule has 0 amide bonds. The number of aromatic amines is 1. The monoisotopic (exact) mass is 315 g/mol. The maximum absolute atomic E-state index is 6.31. The normalized spacial score (nSPS) is 10.8. The molecule has 0 aliphatic rings. The fourth-order valence-electron chi connectivity index (χ4n) is 2.49. The minimum Gasteiger partial charge on any atom is -0.268 e. The van der Waals surface area contributed by atoms with E-state index in [2.05, 4.69) is 36.2 Å². The first-order valence-corrected chi connectivity index (χ1v) is 7.37. The summed E-state index contributed by atoms with van der Waals surface area (Å²) in [6.45, 7) is 4.13. The largest absolute Gasteiger partial charge is 0.268 e. The lowest BCUT2D eigenvalue weighted by atomic mass is 10.1. The van der Waals surface area contributed by atoms with Gasteiger partial charge in [-0.15, -0.1) is 0 Å². The molecule has 21 heavy (non-hydrogen) atoms. The van der Waals surface area contributed by atoms with Gasteiger partial charge in [0.1, 0.15) is 0 Å². The molecule has 0 saturated carbocycles. The predicted octanol–water partition coefficient (Wildman–Crippen LogP) is 4.87. The minimum absolute atomic E-state index is 0.558. The lowest BCUT2D eigenvalue weighted by Gasteiger charge is -2.13. The molecule has 1 N–H and O–H groups in total. The Kier molecular flexibility index (Phi) is 3.66. The molecule has 0 fully saturated rings. The van der Waals surface area contributed by atoms with E-state index in [4.69, 9.17) is 23.8 Å². The second-order valence-corrected chi connectivity index (χ2v) is 5.70. The zero-order chi connectivity index (χ0) is 15.0. The van der Waals surface area contributed by atoms with Gasteiger partial charge in [-0.25, -0.2) is 0 Å². The lowest BCUT2D eigenvalue weighted by molar-refractivity contribution is 1.01. The van der Waals surface area contributed by atoms with Gasteiger partial charge in [-0.2, -0.15) is 5.10 Å². The van der Waals surface area contributed by atoms with Gasteiger partial charge in [-0.1, -0.05) is 41.9 Å². The first kappa shape index (κ1) is 14.0. The van der Waals surface area contributed by atoms with E-state index in [1.165, 1.54) is 0 Å². The Hall–Kier alpha value is -1.91. The first-order valence-electron chi connectivity index (χ1n) is 6.58. The molecule has 0 aliphatic carbocycles. The minimum atomic E-state index is 0.558. The molecule has 3 rings (SSSR count). The summed E-state index contributed by atoms with van der Waals surface area (Å²) in [6, 6.07) is 13.8. The van der Waals surface area contributed by atoms with Crippen molar-refractivity contribution in [2.75, 3.05) is 0 Å². The highest BCUT2D eigenvalue weighted by Gasteiger charge is 2.16. The van der Waals surface area contributed by atoms with Crippen molar-refractivity contribution in [3.8, 4) is 17.1 Å². The van der Waals surface area contributed by atoms with Crippen molar-refractivity contribution in [1.82, 2.24) is 14.8 Å². The van der Waals surface area contributed by atoms with Gasteiger partial charge in [-0.05, 0) is 49.3 Å². The van der Waals surface area contributed by atoms with Crippen LogP contribution >= 0.6 is 23.8 Å². The number of aryl methyl sites for hydroxylation is 2.